The van der Waals surface area contributed by atoms with Gasteiger partial charge in [0.1, 0.15) is 0 Å². The fourth-order valence-corrected chi connectivity index (χ4v) is 4.11. The minimum absolute atomic E-state index is 0.226. The molecular weight excluding hydrogens is 492 g/mol. The number of nitrogens with one attached hydrogen (secondary N) is 1. The number of methoxy groups -OCH3 is 3. The Kier molecular flexibility index (Phi) is 7.01. The molecular formula is C20H17BrN2O5S2. The molecule has 2 amide bonds. The van der Waals surface area contributed by atoms with Crippen molar-refractivity contribution in [1.82, 2.24) is 10.4 Å². The third-order valence-electron chi connectivity index (χ3n) is 4.10. The number of thioether (sulfide) groups is 1. The lowest BCUT2D eigenvalue weighted by Gasteiger charge is -2.15. The molecule has 0 unspecified atom stereocenters. The summed E-state index contributed by atoms with van der Waals surface area (Å²) in [6.45, 7) is 0. The lowest BCUT2D eigenvalue weighted by Crippen LogP contribution is -2.44. The van der Waals surface area contributed by atoms with Crippen molar-refractivity contribution < 1.29 is 23.8 Å². The van der Waals surface area contributed by atoms with Crippen molar-refractivity contribution in [2.45, 2.75) is 0 Å². The van der Waals surface area contributed by atoms with Crippen LogP contribution in [0, 0.1) is 0 Å². The van der Waals surface area contributed by atoms with Gasteiger partial charge in [0.15, 0.2) is 15.8 Å². The summed E-state index contributed by atoms with van der Waals surface area (Å²) in [5.74, 6) is 0.507. The molecule has 0 bridgehead atoms. The molecule has 2 aromatic rings. The number of benzene rings is 2. The minimum atomic E-state index is -0.437. The van der Waals surface area contributed by atoms with Gasteiger partial charge in [-0.05, 0) is 60.3 Å². The maximum atomic E-state index is 12.8. The standard InChI is InChI=1S/C20H17BrN2O5S2/c1-26-14-8-11(9-15(27-2)17(14)28-3)10-16-19(25)23(20(29)30-16)22-18(24)12-4-6-13(21)7-5-12/h4-10H,1-3H3,(H,22,24)/b16-10-. The Hall–Kier alpha value is -2.56. The molecule has 30 heavy (non-hydrogen) atoms. The Morgan fingerprint density at radius 1 is 1.10 bits per heavy atom. The lowest BCUT2D eigenvalue weighted by molar-refractivity contribution is -0.123. The van der Waals surface area contributed by atoms with Crippen molar-refractivity contribution in [1.29, 1.82) is 0 Å². The van der Waals surface area contributed by atoms with E-state index in [-0.39, 0.29) is 4.32 Å². The molecule has 0 aliphatic carbocycles. The van der Waals surface area contributed by atoms with E-state index in [1.165, 1.54) is 21.3 Å². The summed E-state index contributed by atoms with van der Waals surface area (Å²) in [6.07, 6.45) is 1.65. The van der Waals surface area contributed by atoms with Gasteiger partial charge in [-0.3, -0.25) is 15.0 Å². The van der Waals surface area contributed by atoms with Crippen LogP contribution in [0.3, 0.4) is 0 Å². The molecule has 1 aliphatic rings. The Balaban J connectivity index is 1.84. The molecule has 156 valence electrons. The Morgan fingerprint density at radius 2 is 1.70 bits per heavy atom. The fourth-order valence-electron chi connectivity index (χ4n) is 2.67. The second-order valence-electron chi connectivity index (χ2n) is 5.92. The topological polar surface area (TPSA) is 77.1 Å². The van der Waals surface area contributed by atoms with Gasteiger partial charge in [-0.25, -0.2) is 0 Å². The summed E-state index contributed by atoms with van der Waals surface area (Å²) >= 11 is 9.68. The number of thiocarbonyl (C=S) groups is 1. The molecule has 0 aromatic heterocycles. The minimum Gasteiger partial charge on any atom is -0.493 e. The van der Waals surface area contributed by atoms with Crippen LogP contribution < -0.4 is 19.6 Å². The van der Waals surface area contributed by atoms with E-state index in [0.717, 1.165) is 21.2 Å². The highest BCUT2D eigenvalue weighted by Crippen LogP contribution is 2.40. The Labute approximate surface area is 191 Å². The molecule has 1 aliphatic heterocycles. The average molecular weight is 509 g/mol. The van der Waals surface area contributed by atoms with Gasteiger partial charge in [-0.2, -0.15) is 5.01 Å². The number of carbonyl (C=O) groups excluding carboxylic acids is 2. The van der Waals surface area contributed by atoms with Gasteiger partial charge in [0, 0.05) is 10.0 Å². The Morgan fingerprint density at radius 3 is 2.23 bits per heavy atom. The first-order chi connectivity index (χ1) is 14.4. The van der Waals surface area contributed by atoms with E-state index in [4.69, 9.17) is 26.4 Å². The molecule has 1 saturated heterocycles. The van der Waals surface area contributed by atoms with Crippen molar-refractivity contribution in [2.24, 2.45) is 0 Å². The van der Waals surface area contributed by atoms with Gasteiger partial charge in [0.05, 0.1) is 26.2 Å². The normalized spacial score (nSPS) is 14.8. The summed E-state index contributed by atoms with van der Waals surface area (Å²) in [4.78, 5) is 25.6. The lowest BCUT2D eigenvalue weighted by atomic mass is 10.1. The first kappa shape index (κ1) is 22.1. The third kappa shape index (κ3) is 4.61. The molecule has 2 aromatic carbocycles. The molecule has 0 radical (unpaired) electrons. The average Bonchev–Trinajstić information content (AvgIpc) is 3.00. The number of nitrogens with zero attached hydrogens (tertiary/aromatic N) is 1. The van der Waals surface area contributed by atoms with Crippen LogP contribution in [-0.4, -0.2) is 42.5 Å². The first-order valence-corrected chi connectivity index (χ1v) is 10.5. The zero-order valence-electron chi connectivity index (χ0n) is 16.2. The smallest absolute Gasteiger partial charge is 0.285 e. The van der Waals surface area contributed by atoms with E-state index in [2.05, 4.69) is 21.4 Å². The van der Waals surface area contributed by atoms with E-state index in [9.17, 15) is 9.59 Å². The predicted octanol–water partition coefficient (Wildman–Crippen LogP) is 4.02. The van der Waals surface area contributed by atoms with E-state index < -0.39 is 11.8 Å². The van der Waals surface area contributed by atoms with Crippen molar-refractivity contribution in [2.75, 3.05) is 21.3 Å². The van der Waals surface area contributed by atoms with E-state index in [1.807, 2.05) is 0 Å². The molecule has 7 nitrogen and oxygen atoms in total. The number of halogens is 1. The van der Waals surface area contributed by atoms with E-state index in [0.29, 0.717) is 33.3 Å². The van der Waals surface area contributed by atoms with Crippen molar-refractivity contribution in [3.63, 3.8) is 0 Å². The van der Waals surface area contributed by atoms with Crippen LogP contribution in [0.25, 0.3) is 6.08 Å². The third-order valence-corrected chi connectivity index (χ3v) is 5.93. The van der Waals surface area contributed by atoms with Crippen LogP contribution >= 0.6 is 39.9 Å². The van der Waals surface area contributed by atoms with Gasteiger partial charge in [-0.1, -0.05) is 27.7 Å². The maximum Gasteiger partial charge on any atom is 0.285 e. The van der Waals surface area contributed by atoms with Gasteiger partial charge >= 0.3 is 0 Å². The van der Waals surface area contributed by atoms with E-state index in [1.54, 1.807) is 42.5 Å². The predicted molar refractivity (Wildman–Crippen MR) is 123 cm³/mol. The summed E-state index contributed by atoms with van der Waals surface area (Å²) < 4.78 is 17.1. The summed E-state index contributed by atoms with van der Waals surface area (Å²) in [6, 6.07) is 10.2. The molecule has 0 saturated carbocycles. The SMILES string of the molecule is COc1cc(/C=C2\SC(=S)N(NC(=O)c3ccc(Br)cc3)C2=O)cc(OC)c1OC. The number of ether oxygens (including phenoxy) is 3. The van der Waals surface area contributed by atoms with Crippen molar-refractivity contribution in [3.8, 4) is 17.2 Å². The highest BCUT2D eigenvalue weighted by molar-refractivity contribution is 9.10. The van der Waals surface area contributed by atoms with Crippen LogP contribution in [0.4, 0.5) is 0 Å². The van der Waals surface area contributed by atoms with Crippen molar-refractivity contribution in [3.05, 3.63) is 56.9 Å². The van der Waals surface area contributed by atoms with Crippen molar-refractivity contribution >= 4 is 62.1 Å². The van der Waals surface area contributed by atoms with Crippen LogP contribution in [0.2, 0.25) is 0 Å². The number of hydrazine groups is 1. The number of amides is 2. The molecule has 1 heterocycles. The molecule has 1 N–H and O–H groups in total. The summed E-state index contributed by atoms with van der Waals surface area (Å²) in [7, 11) is 4.54. The first-order valence-electron chi connectivity index (χ1n) is 8.52. The highest BCUT2D eigenvalue weighted by Gasteiger charge is 2.34. The number of rotatable bonds is 6. The molecule has 0 atom stereocenters. The second kappa shape index (κ2) is 9.50. The number of hydrogen-bond acceptors (Lipinski definition) is 7. The zero-order chi connectivity index (χ0) is 21.8. The number of carbonyl (C=O) groups is 2. The van der Waals surface area contributed by atoms with Gasteiger partial charge in [0.25, 0.3) is 11.8 Å². The van der Waals surface area contributed by atoms with Gasteiger partial charge < -0.3 is 14.2 Å². The van der Waals surface area contributed by atoms with Crippen LogP contribution in [0.5, 0.6) is 17.2 Å². The van der Waals surface area contributed by atoms with Gasteiger partial charge in [-0.15, -0.1) is 0 Å². The van der Waals surface area contributed by atoms with Crippen LogP contribution in [0.15, 0.2) is 45.8 Å². The van der Waals surface area contributed by atoms with Gasteiger partial charge in [0.2, 0.25) is 5.75 Å². The number of hydrogen-bond donors (Lipinski definition) is 1. The maximum absolute atomic E-state index is 12.8. The highest BCUT2D eigenvalue weighted by atomic mass is 79.9. The van der Waals surface area contributed by atoms with E-state index >= 15 is 0 Å². The molecule has 0 spiro atoms. The molecule has 10 heteroatoms. The van der Waals surface area contributed by atoms with Crippen LogP contribution in [0.1, 0.15) is 15.9 Å². The summed E-state index contributed by atoms with van der Waals surface area (Å²) in [5, 5.41) is 1.06. The fraction of sp³-hybridized carbons (Fsp3) is 0.150. The Bertz CT molecular complexity index is 1010. The molecule has 3 rings (SSSR count). The monoisotopic (exact) mass is 508 g/mol. The van der Waals surface area contributed by atoms with Crippen LogP contribution in [-0.2, 0) is 4.79 Å². The largest absolute Gasteiger partial charge is 0.493 e. The zero-order valence-corrected chi connectivity index (χ0v) is 19.4. The second-order valence-corrected chi connectivity index (χ2v) is 8.52. The quantitative estimate of drug-likeness (QED) is 0.466. The molecule has 1 fully saturated rings. The summed E-state index contributed by atoms with van der Waals surface area (Å²) in [5.41, 5.74) is 3.61.